The SMILES string of the molecule is CCCOc1ccc(N(CC(=O)NCC(CC)Cc2ccccc2)S(C)(=O)=O)cc1. The summed E-state index contributed by atoms with van der Waals surface area (Å²) >= 11 is 0. The van der Waals surface area contributed by atoms with Crippen molar-refractivity contribution in [3.63, 3.8) is 0 Å². The van der Waals surface area contributed by atoms with Crippen molar-refractivity contribution in [3.05, 3.63) is 60.2 Å². The molecule has 0 spiro atoms. The number of hydrogen-bond donors (Lipinski definition) is 1. The molecule has 0 saturated heterocycles. The molecule has 2 rings (SSSR count). The van der Waals surface area contributed by atoms with Gasteiger partial charge in [0.15, 0.2) is 0 Å². The summed E-state index contributed by atoms with van der Waals surface area (Å²) < 4.78 is 31.2. The van der Waals surface area contributed by atoms with Crippen molar-refractivity contribution in [1.29, 1.82) is 0 Å². The second-order valence-electron chi connectivity index (χ2n) is 7.38. The van der Waals surface area contributed by atoms with Gasteiger partial charge in [-0.05, 0) is 48.6 Å². The van der Waals surface area contributed by atoms with Gasteiger partial charge in [0.25, 0.3) is 0 Å². The Bertz CT molecular complexity index is 883. The van der Waals surface area contributed by atoms with E-state index >= 15 is 0 Å². The van der Waals surface area contributed by atoms with E-state index in [2.05, 4.69) is 24.4 Å². The maximum atomic E-state index is 12.5. The van der Waals surface area contributed by atoms with Crippen molar-refractivity contribution in [2.75, 3.05) is 30.3 Å². The molecule has 0 aliphatic rings. The number of amides is 1. The minimum atomic E-state index is -3.60. The van der Waals surface area contributed by atoms with Gasteiger partial charge < -0.3 is 10.1 Å². The van der Waals surface area contributed by atoms with E-state index in [4.69, 9.17) is 4.74 Å². The van der Waals surface area contributed by atoms with Crippen LogP contribution in [0.15, 0.2) is 54.6 Å². The van der Waals surface area contributed by atoms with Crippen LogP contribution in [0.25, 0.3) is 0 Å². The summed E-state index contributed by atoms with van der Waals surface area (Å²) in [7, 11) is -3.60. The molecule has 0 radical (unpaired) electrons. The molecule has 0 aliphatic carbocycles. The number of carbonyl (C=O) groups excluding carboxylic acids is 1. The number of anilines is 1. The summed E-state index contributed by atoms with van der Waals surface area (Å²) in [6.07, 6.45) is 3.78. The van der Waals surface area contributed by atoms with Gasteiger partial charge in [0.05, 0.1) is 18.6 Å². The van der Waals surface area contributed by atoms with Crippen LogP contribution in [-0.2, 0) is 21.2 Å². The lowest BCUT2D eigenvalue weighted by Crippen LogP contribution is -2.41. The van der Waals surface area contributed by atoms with E-state index in [1.54, 1.807) is 24.3 Å². The van der Waals surface area contributed by atoms with Gasteiger partial charge in [0.1, 0.15) is 12.3 Å². The minimum absolute atomic E-state index is 0.254. The quantitative estimate of drug-likeness (QED) is 0.556. The first-order valence-electron chi connectivity index (χ1n) is 10.3. The fraction of sp³-hybridized carbons (Fsp3) is 0.435. The molecule has 0 bridgehead atoms. The normalized spacial score (nSPS) is 12.2. The second kappa shape index (κ2) is 11.6. The number of benzene rings is 2. The Morgan fingerprint density at radius 1 is 1.07 bits per heavy atom. The van der Waals surface area contributed by atoms with Crippen molar-refractivity contribution in [1.82, 2.24) is 5.32 Å². The average molecular weight is 433 g/mol. The number of rotatable bonds is 12. The molecule has 0 heterocycles. The second-order valence-corrected chi connectivity index (χ2v) is 9.29. The van der Waals surface area contributed by atoms with Crippen LogP contribution in [0.1, 0.15) is 32.3 Å². The van der Waals surface area contributed by atoms with Gasteiger partial charge >= 0.3 is 0 Å². The highest BCUT2D eigenvalue weighted by Crippen LogP contribution is 2.21. The van der Waals surface area contributed by atoms with Crippen LogP contribution in [0.2, 0.25) is 0 Å². The Labute approximate surface area is 180 Å². The highest BCUT2D eigenvalue weighted by molar-refractivity contribution is 7.92. The molecular weight excluding hydrogens is 400 g/mol. The van der Waals surface area contributed by atoms with Crippen molar-refractivity contribution < 1.29 is 17.9 Å². The first-order chi connectivity index (χ1) is 14.3. The minimum Gasteiger partial charge on any atom is -0.494 e. The van der Waals surface area contributed by atoms with Crippen LogP contribution in [0.5, 0.6) is 5.75 Å². The van der Waals surface area contributed by atoms with E-state index < -0.39 is 10.0 Å². The molecule has 1 N–H and O–H groups in total. The Morgan fingerprint density at radius 2 is 1.73 bits per heavy atom. The molecule has 0 saturated carbocycles. The monoisotopic (exact) mass is 432 g/mol. The predicted octanol–water partition coefficient (Wildman–Crippen LogP) is 3.63. The molecule has 0 fully saturated rings. The third kappa shape index (κ3) is 7.71. The van der Waals surface area contributed by atoms with Crippen LogP contribution in [0.3, 0.4) is 0 Å². The highest BCUT2D eigenvalue weighted by Gasteiger charge is 2.21. The standard InChI is InChI=1S/C23H32N2O4S/c1-4-15-29-22-13-11-21(12-14-22)25(30(3,27)28)18-23(26)24-17-19(5-2)16-20-9-7-6-8-10-20/h6-14,19H,4-5,15-18H2,1-3H3,(H,24,26). The van der Waals surface area contributed by atoms with E-state index in [-0.39, 0.29) is 18.4 Å². The summed E-state index contributed by atoms with van der Waals surface area (Å²) in [5.41, 5.74) is 1.66. The van der Waals surface area contributed by atoms with Crippen LogP contribution in [0.4, 0.5) is 5.69 Å². The number of carbonyl (C=O) groups is 1. The maximum absolute atomic E-state index is 12.5. The molecule has 6 nitrogen and oxygen atoms in total. The van der Waals surface area contributed by atoms with E-state index in [1.165, 1.54) is 5.56 Å². The topological polar surface area (TPSA) is 75.7 Å². The van der Waals surface area contributed by atoms with Gasteiger partial charge in [-0.2, -0.15) is 0 Å². The summed E-state index contributed by atoms with van der Waals surface area (Å²) in [4.78, 5) is 12.5. The summed E-state index contributed by atoms with van der Waals surface area (Å²) in [6.45, 7) is 4.95. The number of hydrogen-bond acceptors (Lipinski definition) is 4. The molecule has 0 aromatic heterocycles. The third-order valence-corrected chi connectivity index (χ3v) is 5.96. The molecule has 1 amide bonds. The molecule has 1 unspecified atom stereocenters. The van der Waals surface area contributed by atoms with Crippen molar-refractivity contribution in [2.45, 2.75) is 33.1 Å². The highest BCUT2D eigenvalue weighted by atomic mass is 32.2. The Kier molecular flexibility index (Phi) is 9.17. The Hall–Kier alpha value is -2.54. The van der Waals surface area contributed by atoms with E-state index in [1.807, 2.05) is 25.1 Å². The molecular formula is C23H32N2O4S. The largest absolute Gasteiger partial charge is 0.494 e. The van der Waals surface area contributed by atoms with E-state index in [0.29, 0.717) is 24.6 Å². The molecule has 0 aliphatic heterocycles. The van der Waals surface area contributed by atoms with Crippen LogP contribution < -0.4 is 14.4 Å². The van der Waals surface area contributed by atoms with Gasteiger partial charge in [-0.15, -0.1) is 0 Å². The van der Waals surface area contributed by atoms with E-state index in [9.17, 15) is 13.2 Å². The fourth-order valence-corrected chi connectivity index (χ4v) is 3.94. The lowest BCUT2D eigenvalue weighted by Gasteiger charge is -2.23. The van der Waals surface area contributed by atoms with Gasteiger partial charge in [0.2, 0.25) is 15.9 Å². The Balaban J connectivity index is 1.98. The average Bonchev–Trinajstić information content (AvgIpc) is 2.74. The molecule has 7 heteroatoms. The van der Waals surface area contributed by atoms with Gasteiger partial charge in [-0.3, -0.25) is 9.10 Å². The lowest BCUT2D eigenvalue weighted by molar-refractivity contribution is -0.119. The van der Waals surface area contributed by atoms with Crippen LogP contribution >= 0.6 is 0 Å². The summed E-state index contributed by atoms with van der Waals surface area (Å²) in [5.74, 6) is 0.640. The zero-order valence-corrected chi connectivity index (χ0v) is 18.8. The summed E-state index contributed by atoms with van der Waals surface area (Å²) in [5, 5.41) is 2.90. The zero-order valence-electron chi connectivity index (χ0n) is 18.0. The number of nitrogens with one attached hydrogen (secondary N) is 1. The van der Waals surface area contributed by atoms with E-state index in [0.717, 1.165) is 29.8 Å². The van der Waals surface area contributed by atoms with Gasteiger partial charge in [0, 0.05) is 6.54 Å². The molecule has 30 heavy (non-hydrogen) atoms. The van der Waals surface area contributed by atoms with Crippen LogP contribution in [-0.4, -0.2) is 40.3 Å². The maximum Gasteiger partial charge on any atom is 0.240 e. The fourth-order valence-electron chi connectivity index (χ4n) is 3.08. The molecule has 2 aromatic carbocycles. The smallest absolute Gasteiger partial charge is 0.240 e. The number of sulfonamides is 1. The van der Waals surface area contributed by atoms with Gasteiger partial charge in [-0.1, -0.05) is 50.6 Å². The Morgan fingerprint density at radius 3 is 2.30 bits per heavy atom. The van der Waals surface area contributed by atoms with Crippen molar-refractivity contribution in [2.24, 2.45) is 5.92 Å². The lowest BCUT2D eigenvalue weighted by atomic mass is 9.97. The zero-order chi connectivity index (χ0) is 22.0. The predicted molar refractivity (Wildman–Crippen MR) is 121 cm³/mol. The first kappa shape index (κ1) is 23.7. The molecule has 2 aromatic rings. The molecule has 164 valence electrons. The van der Waals surface area contributed by atoms with Crippen molar-refractivity contribution in [3.8, 4) is 5.75 Å². The number of ether oxygens (including phenoxy) is 1. The molecule has 1 atom stereocenters. The first-order valence-corrected chi connectivity index (χ1v) is 12.2. The third-order valence-electron chi connectivity index (χ3n) is 4.82. The van der Waals surface area contributed by atoms with Crippen molar-refractivity contribution >= 4 is 21.6 Å². The summed E-state index contributed by atoms with van der Waals surface area (Å²) in [6, 6.07) is 16.9. The number of nitrogens with zero attached hydrogens (tertiary/aromatic N) is 1. The van der Waals surface area contributed by atoms with Crippen LogP contribution in [0, 0.1) is 5.92 Å². The van der Waals surface area contributed by atoms with Gasteiger partial charge in [-0.25, -0.2) is 8.42 Å².